The average molecular weight is 1160 g/mol. The molecule has 482 valence electrons. The lowest BCUT2D eigenvalue weighted by atomic mass is 10.0. The summed E-state index contributed by atoms with van der Waals surface area (Å²) in [6, 6.07) is 0. The first-order chi connectivity index (χ1) is 41.0. The summed E-state index contributed by atoms with van der Waals surface area (Å²) in [7, 11) is 0. The molecule has 0 fully saturated rings. The Morgan fingerprint density at radius 3 is 0.807 bits per heavy atom. The molecule has 0 N–H and O–H groups in total. The predicted octanol–water partition coefficient (Wildman–Crippen LogP) is 25.2. The summed E-state index contributed by atoms with van der Waals surface area (Å²) in [6.07, 6.45) is 94.0. The maximum absolute atomic E-state index is 13.0. The van der Waals surface area contributed by atoms with Crippen molar-refractivity contribution in [3.63, 3.8) is 0 Å². The maximum Gasteiger partial charge on any atom is 0.306 e. The Morgan fingerprint density at radius 2 is 0.494 bits per heavy atom. The van der Waals surface area contributed by atoms with Crippen molar-refractivity contribution in [3.8, 4) is 0 Å². The van der Waals surface area contributed by atoms with E-state index in [0.29, 0.717) is 19.3 Å². The second-order valence-electron chi connectivity index (χ2n) is 24.5. The van der Waals surface area contributed by atoms with Gasteiger partial charge in [-0.25, -0.2) is 0 Å². The quantitative estimate of drug-likeness (QED) is 0.0261. The molecule has 0 aliphatic heterocycles. The Kier molecular flexibility index (Phi) is 68.6. The monoisotopic (exact) mass is 1160 g/mol. The van der Waals surface area contributed by atoms with Gasteiger partial charge in [-0.3, -0.25) is 14.4 Å². The molecule has 83 heavy (non-hydrogen) atoms. The van der Waals surface area contributed by atoms with Crippen molar-refractivity contribution in [3.05, 3.63) is 72.9 Å². The number of hydrogen-bond acceptors (Lipinski definition) is 6. The third kappa shape index (κ3) is 69.5. The lowest BCUT2D eigenvalue weighted by molar-refractivity contribution is -0.166. The van der Waals surface area contributed by atoms with Gasteiger partial charge in [-0.05, 0) is 96.3 Å². The van der Waals surface area contributed by atoms with Crippen molar-refractivity contribution >= 4 is 17.9 Å². The largest absolute Gasteiger partial charge is 0.462 e. The number of carbonyl (C=O) groups excluding carboxylic acids is 3. The number of allylic oxidation sites excluding steroid dienone is 12. The highest BCUT2D eigenvalue weighted by atomic mass is 16.6. The molecule has 0 aliphatic carbocycles. The molecule has 0 heterocycles. The topological polar surface area (TPSA) is 78.9 Å². The van der Waals surface area contributed by atoms with Gasteiger partial charge in [0.25, 0.3) is 0 Å². The van der Waals surface area contributed by atoms with E-state index in [1.165, 1.54) is 270 Å². The molecule has 0 saturated carbocycles. The van der Waals surface area contributed by atoms with Gasteiger partial charge < -0.3 is 14.2 Å². The molecule has 0 bridgehead atoms. The Bertz CT molecular complexity index is 1520. The molecule has 0 aromatic rings. The van der Waals surface area contributed by atoms with E-state index in [-0.39, 0.29) is 37.5 Å². The standard InChI is InChI=1S/C77H138O6/c1-4-7-10-13-16-19-22-25-27-29-31-33-35-37-38-40-41-43-45-47-49-52-55-58-61-64-67-70-76(79)82-73-74(72-81-75(78)69-66-63-60-57-54-51-24-21-18-15-12-9-6-3)83-77(80)71-68-65-62-59-56-53-50-48-46-44-42-39-36-34-32-30-28-26-23-20-17-14-11-8-5-2/h9,12,18,21,29-32,51,54,60,63,74H,4-8,10-11,13-17,19-20,22-28,33-50,52-53,55-59,61-62,64-73H2,1-3H3/b12-9-,21-18-,31-29-,32-30-,54-51-,63-60-. The molecule has 0 spiro atoms. The van der Waals surface area contributed by atoms with Crippen LogP contribution in [0.5, 0.6) is 0 Å². The Labute approximate surface area is 516 Å². The molecule has 0 aromatic heterocycles. The molecular formula is C77H138O6. The first kappa shape index (κ1) is 79.8. The van der Waals surface area contributed by atoms with E-state index in [2.05, 4.69) is 87.6 Å². The zero-order valence-corrected chi connectivity index (χ0v) is 55.5. The molecule has 1 unspecified atom stereocenters. The Balaban J connectivity index is 4.25. The number of hydrogen-bond donors (Lipinski definition) is 0. The minimum absolute atomic E-state index is 0.0941. The van der Waals surface area contributed by atoms with Gasteiger partial charge in [-0.15, -0.1) is 0 Å². The van der Waals surface area contributed by atoms with Crippen LogP contribution in [0.1, 0.15) is 380 Å². The van der Waals surface area contributed by atoms with Crippen LogP contribution in [0.25, 0.3) is 0 Å². The van der Waals surface area contributed by atoms with Crippen molar-refractivity contribution in [1.29, 1.82) is 0 Å². The lowest BCUT2D eigenvalue weighted by Gasteiger charge is -2.18. The molecule has 1 atom stereocenters. The molecule has 0 saturated heterocycles. The number of rotatable bonds is 67. The molecule has 0 aliphatic rings. The zero-order valence-electron chi connectivity index (χ0n) is 55.5. The normalized spacial score (nSPS) is 12.5. The molecule has 0 amide bonds. The van der Waals surface area contributed by atoms with Gasteiger partial charge in [0.05, 0.1) is 0 Å². The van der Waals surface area contributed by atoms with Crippen molar-refractivity contribution in [2.45, 2.75) is 386 Å². The Hall–Kier alpha value is -3.15. The number of esters is 3. The summed E-state index contributed by atoms with van der Waals surface area (Å²) in [6.45, 7) is 6.52. The fourth-order valence-electron chi connectivity index (χ4n) is 10.7. The highest BCUT2D eigenvalue weighted by Crippen LogP contribution is 2.18. The van der Waals surface area contributed by atoms with Crippen molar-refractivity contribution in [1.82, 2.24) is 0 Å². The van der Waals surface area contributed by atoms with E-state index in [9.17, 15) is 14.4 Å². The maximum atomic E-state index is 13.0. The van der Waals surface area contributed by atoms with Gasteiger partial charge in [0.1, 0.15) is 13.2 Å². The Morgan fingerprint density at radius 1 is 0.253 bits per heavy atom. The third-order valence-corrected chi connectivity index (χ3v) is 16.2. The zero-order chi connectivity index (χ0) is 59.9. The molecular weight excluding hydrogens is 1020 g/mol. The van der Waals surface area contributed by atoms with Crippen LogP contribution in [0.2, 0.25) is 0 Å². The second kappa shape index (κ2) is 71.3. The number of carbonyl (C=O) groups is 3. The summed E-state index contributed by atoms with van der Waals surface area (Å²) in [5.74, 6) is -0.959. The fraction of sp³-hybridized carbons (Fsp3) is 0.805. The number of unbranched alkanes of at least 4 members (excludes halogenated alkanes) is 44. The van der Waals surface area contributed by atoms with Crippen molar-refractivity contribution < 1.29 is 28.6 Å². The lowest BCUT2D eigenvalue weighted by Crippen LogP contribution is -2.30. The minimum atomic E-state index is -0.805. The summed E-state index contributed by atoms with van der Waals surface area (Å²) in [5.41, 5.74) is 0. The van der Waals surface area contributed by atoms with E-state index in [4.69, 9.17) is 14.2 Å². The first-order valence-corrected chi connectivity index (χ1v) is 36.4. The van der Waals surface area contributed by atoms with Crippen LogP contribution >= 0.6 is 0 Å². The number of ether oxygens (including phenoxy) is 3. The SMILES string of the molecule is CC/C=C\C/C=C\C/C=C\C/C=C\CCC(=O)OCC(COC(=O)CCCCCCCCCCCCCCCCC/C=C\CCCCCCCCCC)OC(=O)CCCCCCCCCCCCCCC/C=C\CCCCCCCCCC. The van der Waals surface area contributed by atoms with Crippen LogP contribution in [0.15, 0.2) is 72.9 Å². The van der Waals surface area contributed by atoms with E-state index >= 15 is 0 Å². The van der Waals surface area contributed by atoms with E-state index in [1.54, 1.807) is 0 Å². The minimum Gasteiger partial charge on any atom is -0.462 e. The highest BCUT2D eigenvalue weighted by Gasteiger charge is 2.19. The van der Waals surface area contributed by atoms with Gasteiger partial charge in [0.2, 0.25) is 0 Å². The van der Waals surface area contributed by atoms with E-state index < -0.39 is 6.10 Å². The van der Waals surface area contributed by atoms with Crippen LogP contribution in [0, 0.1) is 0 Å². The first-order valence-electron chi connectivity index (χ1n) is 36.4. The van der Waals surface area contributed by atoms with E-state index in [1.807, 2.05) is 6.08 Å². The highest BCUT2D eigenvalue weighted by molar-refractivity contribution is 5.71. The summed E-state index contributed by atoms with van der Waals surface area (Å²) in [4.78, 5) is 38.4. The van der Waals surface area contributed by atoms with Gasteiger partial charge in [-0.1, -0.05) is 338 Å². The molecule has 6 nitrogen and oxygen atoms in total. The van der Waals surface area contributed by atoms with Crippen LogP contribution in [-0.4, -0.2) is 37.2 Å². The van der Waals surface area contributed by atoms with Crippen LogP contribution in [0.3, 0.4) is 0 Å². The van der Waals surface area contributed by atoms with Crippen LogP contribution in [0.4, 0.5) is 0 Å². The fourth-order valence-corrected chi connectivity index (χ4v) is 10.7. The molecule has 0 rings (SSSR count). The molecule has 6 heteroatoms. The predicted molar refractivity (Wildman–Crippen MR) is 362 cm³/mol. The summed E-state index contributed by atoms with van der Waals surface area (Å²) >= 11 is 0. The summed E-state index contributed by atoms with van der Waals surface area (Å²) in [5, 5.41) is 0. The van der Waals surface area contributed by atoms with Crippen LogP contribution in [-0.2, 0) is 28.6 Å². The smallest absolute Gasteiger partial charge is 0.306 e. The molecule has 0 aromatic carbocycles. The van der Waals surface area contributed by atoms with Gasteiger partial charge in [0, 0.05) is 19.3 Å². The second-order valence-corrected chi connectivity index (χ2v) is 24.5. The third-order valence-electron chi connectivity index (χ3n) is 16.2. The van der Waals surface area contributed by atoms with Gasteiger partial charge in [0.15, 0.2) is 6.10 Å². The van der Waals surface area contributed by atoms with Crippen molar-refractivity contribution in [2.75, 3.05) is 13.2 Å². The van der Waals surface area contributed by atoms with Crippen molar-refractivity contribution in [2.24, 2.45) is 0 Å². The van der Waals surface area contributed by atoms with Crippen LogP contribution < -0.4 is 0 Å². The summed E-state index contributed by atoms with van der Waals surface area (Å²) < 4.78 is 16.9. The molecule has 0 radical (unpaired) electrons. The van der Waals surface area contributed by atoms with Gasteiger partial charge in [-0.2, -0.15) is 0 Å². The van der Waals surface area contributed by atoms with Gasteiger partial charge >= 0.3 is 17.9 Å². The van der Waals surface area contributed by atoms with E-state index in [0.717, 1.165) is 64.2 Å². The average Bonchev–Trinajstić information content (AvgIpc) is 3.49.